The van der Waals surface area contributed by atoms with Gasteiger partial charge in [-0.1, -0.05) is 11.3 Å². The maximum absolute atomic E-state index is 5.68. The topological polar surface area (TPSA) is 38.2 Å². The summed E-state index contributed by atoms with van der Waals surface area (Å²) in [5.74, 6) is 0. The molecule has 1 aromatic rings. The first kappa shape index (κ1) is 11.8. The number of aromatic nitrogens is 2. The van der Waals surface area contributed by atoms with Gasteiger partial charge in [-0.15, -0.1) is 10.2 Å². The lowest BCUT2D eigenvalue weighted by Gasteiger charge is -2.13. The Labute approximate surface area is 92.8 Å². The number of rotatable bonds is 6. The second-order valence-corrected chi connectivity index (χ2v) is 4.68. The van der Waals surface area contributed by atoms with Crippen LogP contribution >= 0.6 is 22.9 Å². The van der Waals surface area contributed by atoms with Gasteiger partial charge >= 0.3 is 0 Å². The highest BCUT2D eigenvalue weighted by Crippen LogP contribution is 2.15. The van der Waals surface area contributed by atoms with Gasteiger partial charge in [0.1, 0.15) is 5.01 Å². The van der Waals surface area contributed by atoms with Crippen LogP contribution in [0.25, 0.3) is 0 Å². The quantitative estimate of drug-likeness (QED) is 0.703. The largest absolute Gasteiger partial charge is 0.385 e. The predicted molar refractivity (Wildman–Crippen MR) is 57.7 cm³/mol. The minimum absolute atomic E-state index is 0.505. The van der Waals surface area contributed by atoms with Crippen LogP contribution in [0, 0.1) is 0 Å². The molecule has 0 N–H and O–H groups in total. The fourth-order valence-electron chi connectivity index (χ4n) is 1.09. The third-order valence-corrected chi connectivity index (χ3v) is 2.74. The average molecular weight is 236 g/mol. The third kappa shape index (κ3) is 4.32. The van der Waals surface area contributed by atoms with Crippen LogP contribution in [-0.4, -0.2) is 42.4 Å². The summed E-state index contributed by atoms with van der Waals surface area (Å²) in [6, 6.07) is 0. The van der Waals surface area contributed by atoms with Crippen LogP contribution in [-0.2, 0) is 11.3 Å². The molecule has 0 bridgehead atoms. The molecule has 0 aliphatic carbocycles. The smallest absolute Gasteiger partial charge is 0.207 e. The van der Waals surface area contributed by atoms with Gasteiger partial charge in [-0.2, -0.15) is 0 Å². The molecule has 0 aliphatic rings. The van der Waals surface area contributed by atoms with Gasteiger partial charge in [-0.3, -0.25) is 4.90 Å². The second-order valence-electron chi connectivity index (χ2n) is 3.03. The molecule has 1 heterocycles. The van der Waals surface area contributed by atoms with Crippen molar-refractivity contribution in [2.75, 3.05) is 27.3 Å². The van der Waals surface area contributed by atoms with Gasteiger partial charge in [0, 0.05) is 20.3 Å². The van der Waals surface area contributed by atoms with E-state index in [9.17, 15) is 0 Å². The zero-order chi connectivity index (χ0) is 10.4. The van der Waals surface area contributed by atoms with Crippen LogP contribution in [0.4, 0.5) is 0 Å². The number of methoxy groups -OCH3 is 1. The fraction of sp³-hybridized carbons (Fsp3) is 0.750. The Balaban J connectivity index is 2.23. The molecule has 0 aromatic carbocycles. The van der Waals surface area contributed by atoms with Crippen LogP contribution in [0.15, 0.2) is 0 Å². The van der Waals surface area contributed by atoms with Gasteiger partial charge < -0.3 is 4.74 Å². The first-order valence-electron chi connectivity index (χ1n) is 4.37. The highest BCUT2D eigenvalue weighted by molar-refractivity contribution is 7.15. The highest BCUT2D eigenvalue weighted by atomic mass is 35.5. The summed E-state index contributed by atoms with van der Waals surface area (Å²) in [5.41, 5.74) is 0. The van der Waals surface area contributed by atoms with Gasteiger partial charge in [0.2, 0.25) is 4.47 Å². The lowest BCUT2D eigenvalue weighted by atomic mass is 10.4. The molecule has 1 aromatic heterocycles. The Hall–Kier alpha value is -0.230. The molecule has 0 saturated carbocycles. The van der Waals surface area contributed by atoms with Crippen LogP contribution in [0.1, 0.15) is 11.4 Å². The lowest BCUT2D eigenvalue weighted by Crippen LogP contribution is -2.20. The minimum Gasteiger partial charge on any atom is -0.385 e. The molecule has 14 heavy (non-hydrogen) atoms. The molecule has 0 radical (unpaired) electrons. The van der Waals surface area contributed by atoms with E-state index in [1.165, 1.54) is 11.3 Å². The van der Waals surface area contributed by atoms with Crippen molar-refractivity contribution < 1.29 is 4.74 Å². The molecule has 0 aliphatic heterocycles. The molecule has 4 nitrogen and oxygen atoms in total. The van der Waals surface area contributed by atoms with Gasteiger partial charge in [-0.25, -0.2) is 0 Å². The number of hydrogen-bond acceptors (Lipinski definition) is 5. The fourth-order valence-corrected chi connectivity index (χ4v) is 2.03. The number of ether oxygens (including phenoxy) is 1. The summed E-state index contributed by atoms with van der Waals surface area (Å²) in [6.07, 6.45) is 1.03. The van der Waals surface area contributed by atoms with Crippen LogP contribution in [0.2, 0.25) is 4.47 Å². The lowest BCUT2D eigenvalue weighted by molar-refractivity contribution is 0.178. The van der Waals surface area contributed by atoms with Crippen molar-refractivity contribution >= 4 is 22.9 Å². The molecule has 80 valence electrons. The van der Waals surface area contributed by atoms with E-state index in [-0.39, 0.29) is 0 Å². The van der Waals surface area contributed by atoms with E-state index in [1.807, 2.05) is 7.05 Å². The first-order chi connectivity index (χ1) is 6.72. The molecule has 0 spiro atoms. The van der Waals surface area contributed by atoms with E-state index in [1.54, 1.807) is 7.11 Å². The maximum Gasteiger partial charge on any atom is 0.207 e. The van der Waals surface area contributed by atoms with E-state index in [2.05, 4.69) is 15.1 Å². The third-order valence-electron chi connectivity index (χ3n) is 1.74. The Kier molecular flexibility index (Phi) is 5.32. The highest BCUT2D eigenvalue weighted by Gasteiger charge is 2.05. The molecule has 0 saturated heterocycles. The molecule has 0 atom stereocenters. The Morgan fingerprint density at radius 1 is 1.50 bits per heavy atom. The molecule has 6 heteroatoms. The molecule has 0 amide bonds. The Morgan fingerprint density at radius 3 is 2.86 bits per heavy atom. The van der Waals surface area contributed by atoms with Crippen LogP contribution in [0.5, 0.6) is 0 Å². The van der Waals surface area contributed by atoms with Gasteiger partial charge in [0.05, 0.1) is 6.54 Å². The SMILES string of the molecule is COCCCN(C)Cc1nnc(Cl)s1. The van der Waals surface area contributed by atoms with Crippen molar-refractivity contribution in [1.82, 2.24) is 15.1 Å². The first-order valence-corrected chi connectivity index (χ1v) is 5.57. The molecular formula is C8H14ClN3OS. The summed E-state index contributed by atoms with van der Waals surface area (Å²) < 4.78 is 5.48. The summed E-state index contributed by atoms with van der Waals surface area (Å²) in [7, 11) is 3.76. The molecular weight excluding hydrogens is 222 g/mol. The Bertz CT molecular complexity index is 269. The number of nitrogens with zero attached hydrogens (tertiary/aromatic N) is 3. The zero-order valence-corrected chi connectivity index (χ0v) is 9.94. The minimum atomic E-state index is 0.505. The molecule has 0 fully saturated rings. The van der Waals surface area contributed by atoms with E-state index >= 15 is 0 Å². The van der Waals surface area contributed by atoms with Crippen molar-refractivity contribution in [3.05, 3.63) is 9.47 Å². The zero-order valence-electron chi connectivity index (χ0n) is 8.36. The summed E-state index contributed by atoms with van der Waals surface area (Å²) in [5, 5.41) is 8.65. The number of halogens is 1. The normalized spacial score (nSPS) is 11.1. The van der Waals surface area contributed by atoms with E-state index in [4.69, 9.17) is 16.3 Å². The van der Waals surface area contributed by atoms with Gasteiger partial charge in [0.25, 0.3) is 0 Å². The Morgan fingerprint density at radius 2 is 2.29 bits per heavy atom. The van der Waals surface area contributed by atoms with Crippen LogP contribution in [0.3, 0.4) is 0 Å². The van der Waals surface area contributed by atoms with Gasteiger partial charge in [0.15, 0.2) is 0 Å². The van der Waals surface area contributed by atoms with Crippen molar-refractivity contribution in [3.63, 3.8) is 0 Å². The average Bonchev–Trinajstić information content (AvgIpc) is 2.52. The van der Waals surface area contributed by atoms with E-state index < -0.39 is 0 Å². The number of hydrogen-bond donors (Lipinski definition) is 0. The summed E-state index contributed by atoms with van der Waals surface area (Å²) >= 11 is 7.10. The maximum atomic E-state index is 5.68. The van der Waals surface area contributed by atoms with Crippen molar-refractivity contribution in [2.24, 2.45) is 0 Å². The van der Waals surface area contributed by atoms with Crippen LogP contribution < -0.4 is 0 Å². The summed E-state index contributed by atoms with van der Waals surface area (Å²) in [4.78, 5) is 2.18. The molecule has 0 unspecified atom stereocenters. The van der Waals surface area contributed by atoms with E-state index in [0.29, 0.717) is 4.47 Å². The monoisotopic (exact) mass is 235 g/mol. The van der Waals surface area contributed by atoms with Crippen molar-refractivity contribution in [2.45, 2.75) is 13.0 Å². The van der Waals surface area contributed by atoms with Gasteiger partial charge in [-0.05, 0) is 25.1 Å². The standard InChI is InChI=1S/C8H14ClN3OS/c1-12(4-3-5-13-2)6-7-10-11-8(9)14-7/h3-6H2,1-2H3. The van der Waals surface area contributed by atoms with Crippen molar-refractivity contribution in [1.29, 1.82) is 0 Å². The summed E-state index contributed by atoms with van der Waals surface area (Å²) in [6.45, 7) is 2.58. The van der Waals surface area contributed by atoms with Crippen molar-refractivity contribution in [3.8, 4) is 0 Å². The molecule has 1 rings (SSSR count). The van der Waals surface area contributed by atoms with E-state index in [0.717, 1.165) is 31.1 Å². The predicted octanol–water partition coefficient (Wildman–Crippen LogP) is 1.66. The second kappa shape index (κ2) is 6.29.